The first-order valence-corrected chi connectivity index (χ1v) is 8.14. The molecule has 2 aromatic carbocycles. The molecule has 25 heavy (non-hydrogen) atoms. The van der Waals surface area contributed by atoms with Gasteiger partial charge in [-0.1, -0.05) is 12.1 Å². The van der Waals surface area contributed by atoms with Crippen molar-refractivity contribution < 1.29 is 24.5 Å². The molecule has 0 saturated heterocycles. The number of aromatic hydroxyl groups is 1. The summed E-state index contributed by atoms with van der Waals surface area (Å²) in [5.74, 6) is 1.17. The van der Waals surface area contributed by atoms with Gasteiger partial charge in [-0.3, -0.25) is 4.79 Å². The van der Waals surface area contributed by atoms with Crippen LogP contribution >= 0.6 is 0 Å². The Morgan fingerprint density at radius 3 is 2.40 bits per heavy atom. The third-order valence-corrected chi connectivity index (χ3v) is 4.11. The lowest BCUT2D eigenvalue weighted by molar-refractivity contribution is -0.114. The molecule has 2 heterocycles. The number of phenols is 1. The molecule has 5 heteroatoms. The average molecular weight is 340 g/mol. The van der Waals surface area contributed by atoms with Gasteiger partial charge < -0.3 is 19.7 Å². The summed E-state index contributed by atoms with van der Waals surface area (Å²) in [6.45, 7) is 0. The van der Waals surface area contributed by atoms with Crippen molar-refractivity contribution in [1.29, 1.82) is 0 Å². The van der Waals surface area contributed by atoms with Gasteiger partial charge >= 0.3 is 0 Å². The van der Waals surface area contributed by atoms with Gasteiger partial charge in [0.05, 0.1) is 12.9 Å². The first-order chi connectivity index (χ1) is 12.0. The van der Waals surface area contributed by atoms with Gasteiger partial charge in [-0.2, -0.15) is 0 Å². The second-order valence-corrected chi connectivity index (χ2v) is 5.99. The third kappa shape index (κ3) is 4.12. The smallest absolute Gasteiger partial charge is 0.203 e. The van der Waals surface area contributed by atoms with Gasteiger partial charge in [0.1, 0.15) is 5.75 Å². The number of aliphatic hydroxyl groups is 1. The number of ketones is 1. The summed E-state index contributed by atoms with van der Waals surface area (Å²) in [6, 6.07) is 10.7. The minimum Gasteiger partial charge on any atom is -0.512 e. The number of ether oxygens (including phenoxy) is 2. The number of allylic oxidation sites excluding steroid dienone is 2. The molecule has 0 aliphatic carbocycles. The maximum atomic E-state index is 11.9. The largest absolute Gasteiger partial charge is 0.512 e. The van der Waals surface area contributed by atoms with Crippen molar-refractivity contribution in [3.05, 3.63) is 59.4 Å². The Balaban J connectivity index is 2.02. The molecule has 130 valence electrons. The van der Waals surface area contributed by atoms with E-state index >= 15 is 0 Å². The Morgan fingerprint density at radius 1 is 0.960 bits per heavy atom. The van der Waals surface area contributed by atoms with Crippen LogP contribution in [0.15, 0.2) is 48.2 Å². The highest BCUT2D eigenvalue weighted by Gasteiger charge is 2.14. The summed E-state index contributed by atoms with van der Waals surface area (Å²) in [5, 5.41) is 20.1. The molecule has 0 spiro atoms. The van der Waals surface area contributed by atoms with Crippen LogP contribution in [0.3, 0.4) is 0 Å². The van der Waals surface area contributed by atoms with E-state index in [1.165, 1.54) is 13.2 Å². The van der Waals surface area contributed by atoms with Gasteiger partial charge in [0.2, 0.25) is 5.75 Å². The molecule has 0 radical (unpaired) electrons. The highest BCUT2D eigenvalue weighted by Crippen LogP contribution is 2.40. The Kier molecular flexibility index (Phi) is 4.93. The highest BCUT2D eigenvalue weighted by molar-refractivity contribution is 5.90. The van der Waals surface area contributed by atoms with E-state index in [4.69, 9.17) is 9.47 Å². The molecule has 2 N–H and O–H groups in total. The second-order valence-electron chi connectivity index (χ2n) is 5.99. The zero-order chi connectivity index (χ0) is 17.8. The topological polar surface area (TPSA) is 76.0 Å². The molecule has 0 saturated carbocycles. The minimum atomic E-state index is -0.106. The fraction of sp³-hybridized carbons (Fsp3) is 0.250. The number of aliphatic hydroxyl groups excluding tert-OH is 1. The lowest BCUT2D eigenvalue weighted by atomic mass is 10.1. The average Bonchev–Trinajstić information content (AvgIpc) is 2.59. The quantitative estimate of drug-likeness (QED) is 0.818. The molecular formula is C20H20O5. The van der Waals surface area contributed by atoms with E-state index in [1.807, 2.05) is 24.3 Å². The van der Waals surface area contributed by atoms with Gasteiger partial charge in [-0.15, -0.1) is 0 Å². The zero-order valence-electron chi connectivity index (χ0n) is 14.0. The molecular weight excluding hydrogens is 320 g/mol. The van der Waals surface area contributed by atoms with Crippen LogP contribution in [0.25, 0.3) is 0 Å². The molecule has 0 atom stereocenters. The van der Waals surface area contributed by atoms with Gasteiger partial charge in [0, 0.05) is 18.9 Å². The van der Waals surface area contributed by atoms with Crippen LogP contribution in [0.1, 0.15) is 24.0 Å². The summed E-state index contributed by atoms with van der Waals surface area (Å²) in [4.78, 5) is 11.9. The van der Waals surface area contributed by atoms with Crippen molar-refractivity contribution in [2.45, 2.75) is 25.7 Å². The lowest BCUT2D eigenvalue weighted by Gasteiger charge is -2.14. The van der Waals surface area contributed by atoms with E-state index < -0.39 is 0 Å². The first kappa shape index (κ1) is 16.9. The van der Waals surface area contributed by atoms with Crippen molar-refractivity contribution in [1.82, 2.24) is 0 Å². The number of hydrogen-bond acceptors (Lipinski definition) is 5. The van der Waals surface area contributed by atoms with Crippen LogP contribution < -0.4 is 9.47 Å². The van der Waals surface area contributed by atoms with Crippen molar-refractivity contribution in [3.8, 4) is 23.0 Å². The van der Waals surface area contributed by atoms with Crippen LogP contribution in [0.2, 0.25) is 0 Å². The predicted molar refractivity (Wildman–Crippen MR) is 93.5 cm³/mol. The molecule has 0 amide bonds. The molecule has 2 aliphatic rings. The predicted octanol–water partition coefficient (Wildman–Crippen LogP) is 4.08. The minimum absolute atomic E-state index is 0.0320. The fourth-order valence-electron chi connectivity index (χ4n) is 2.79. The van der Waals surface area contributed by atoms with E-state index in [2.05, 4.69) is 0 Å². The number of methoxy groups -OCH3 is 1. The number of aryl methyl sites for hydroxylation is 2. The van der Waals surface area contributed by atoms with E-state index in [0.717, 1.165) is 11.1 Å². The van der Waals surface area contributed by atoms with E-state index in [-0.39, 0.29) is 23.0 Å². The molecule has 0 fully saturated rings. The van der Waals surface area contributed by atoms with Gasteiger partial charge in [0.15, 0.2) is 17.3 Å². The Labute approximate surface area is 146 Å². The van der Waals surface area contributed by atoms with Crippen molar-refractivity contribution in [2.24, 2.45) is 0 Å². The Morgan fingerprint density at radius 2 is 1.68 bits per heavy atom. The number of carbonyl (C=O) groups is 1. The van der Waals surface area contributed by atoms with Crippen molar-refractivity contribution in [2.75, 3.05) is 7.11 Å². The molecule has 2 aromatic rings. The first-order valence-electron chi connectivity index (χ1n) is 8.14. The van der Waals surface area contributed by atoms with E-state index in [0.29, 0.717) is 37.2 Å². The normalized spacial score (nSPS) is 17.0. The number of rotatable bonds is 1. The van der Waals surface area contributed by atoms with Crippen LogP contribution in [0.5, 0.6) is 23.0 Å². The number of hydrogen-bond donors (Lipinski definition) is 2. The van der Waals surface area contributed by atoms with Gasteiger partial charge in [-0.05, 0) is 48.2 Å². The van der Waals surface area contributed by atoms with Crippen LogP contribution in [0, 0.1) is 0 Å². The second kappa shape index (κ2) is 7.30. The van der Waals surface area contributed by atoms with Crippen LogP contribution in [0.4, 0.5) is 0 Å². The number of fused-ring (bicyclic) bond motifs is 7. The van der Waals surface area contributed by atoms with Crippen LogP contribution in [-0.4, -0.2) is 23.1 Å². The number of carbonyl (C=O) groups excluding carboxylic acids is 1. The Hall–Kier alpha value is -2.95. The number of phenolic OH excluding ortho intramolecular Hbond substituents is 1. The summed E-state index contributed by atoms with van der Waals surface area (Å²) in [5.41, 5.74) is 1.78. The zero-order valence-corrected chi connectivity index (χ0v) is 14.0. The van der Waals surface area contributed by atoms with Crippen molar-refractivity contribution in [3.63, 3.8) is 0 Å². The summed E-state index contributed by atoms with van der Waals surface area (Å²) >= 11 is 0. The third-order valence-electron chi connectivity index (χ3n) is 4.11. The molecule has 0 aromatic heterocycles. The summed E-state index contributed by atoms with van der Waals surface area (Å²) in [7, 11) is 1.47. The maximum Gasteiger partial charge on any atom is 0.203 e. The molecule has 4 rings (SSSR count). The van der Waals surface area contributed by atoms with E-state index in [9.17, 15) is 15.0 Å². The molecule has 5 nitrogen and oxygen atoms in total. The Bertz CT molecular complexity index is 806. The van der Waals surface area contributed by atoms with Crippen LogP contribution in [-0.2, 0) is 17.6 Å². The molecule has 4 bridgehead atoms. The van der Waals surface area contributed by atoms with Crippen molar-refractivity contribution >= 4 is 5.78 Å². The standard InChI is InChI=1S/C20H20O5/c1-24-20-18(23)10-14-3-7-16(22)12-15(21)6-2-13-4-8-17(9-5-13)25-19(20)11-14/h4-5,8-12,22-23H,2-3,6-7H2,1H3/b16-12+. The van der Waals surface area contributed by atoms with Gasteiger partial charge in [-0.25, -0.2) is 0 Å². The summed E-state index contributed by atoms with van der Waals surface area (Å²) in [6.07, 6.45) is 2.99. The SMILES string of the molecule is COc1c(O)cc2cc1Oc1ccc(cc1)CCC(=O)/C=C(/O)CC2. The fourth-order valence-corrected chi connectivity index (χ4v) is 2.79. The highest BCUT2D eigenvalue weighted by atomic mass is 16.5. The lowest BCUT2D eigenvalue weighted by Crippen LogP contribution is -1.99. The summed E-state index contributed by atoms with van der Waals surface area (Å²) < 4.78 is 11.1. The maximum absolute atomic E-state index is 11.9. The molecule has 2 aliphatic heterocycles. The molecule has 0 unspecified atom stereocenters. The van der Waals surface area contributed by atoms with Gasteiger partial charge in [0.25, 0.3) is 0 Å². The number of benzene rings is 2. The monoisotopic (exact) mass is 340 g/mol. The van der Waals surface area contributed by atoms with E-state index in [1.54, 1.807) is 12.1 Å².